The third kappa shape index (κ3) is 3.81. The summed E-state index contributed by atoms with van der Waals surface area (Å²) in [7, 11) is -3.84. The first-order valence-corrected chi connectivity index (χ1v) is 8.76. The lowest BCUT2D eigenvalue weighted by Crippen LogP contribution is -2.33. The fourth-order valence-corrected chi connectivity index (χ4v) is 3.90. The normalized spacial score (nSPS) is 22.4. The van der Waals surface area contributed by atoms with Crippen molar-refractivity contribution in [2.75, 3.05) is 6.54 Å². The Morgan fingerprint density at radius 1 is 1.43 bits per heavy atom. The van der Waals surface area contributed by atoms with Crippen molar-refractivity contribution in [3.8, 4) is 0 Å². The van der Waals surface area contributed by atoms with Gasteiger partial charge in [0, 0.05) is 6.54 Å². The Kier molecular flexibility index (Phi) is 5.00. The van der Waals surface area contributed by atoms with Crippen molar-refractivity contribution in [1.29, 1.82) is 0 Å². The van der Waals surface area contributed by atoms with Gasteiger partial charge in [-0.3, -0.25) is 4.79 Å². The molecule has 1 saturated carbocycles. The first-order chi connectivity index (χ1) is 9.81. The first-order valence-electron chi connectivity index (χ1n) is 6.49. The third-order valence-corrected chi connectivity index (χ3v) is 5.78. The summed E-state index contributed by atoms with van der Waals surface area (Å²) in [5.41, 5.74) is 0. The number of benzene rings is 1. The molecule has 116 valence electrons. The van der Waals surface area contributed by atoms with E-state index in [0.29, 0.717) is 12.8 Å². The van der Waals surface area contributed by atoms with Gasteiger partial charge in [-0.05, 0) is 52.9 Å². The summed E-state index contributed by atoms with van der Waals surface area (Å²) in [4.78, 5) is 10.9. The third-order valence-electron chi connectivity index (χ3n) is 3.71. The van der Waals surface area contributed by atoms with Gasteiger partial charge in [0.2, 0.25) is 10.0 Å². The van der Waals surface area contributed by atoms with Crippen LogP contribution in [0.4, 0.5) is 4.39 Å². The number of hydrogen-bond acceptors (Lipinski definition) is 3. The average Bonchev–Trinajstić information content (AvgIpc) is 2.88. The van der Waals surface area contributed by atoms with E-state index in [1.54, 1.807) is 0 Å². The van der Waals surface area contributed by atoms with E-state index in [0.717, 1.165) is 12.5 Å². The molecular formula is C13H15BrFNO4S. The Morgan fingerprint density at radius 2 is 2.14 bits per heavy atom. The molecule has 0 aromatic heterocycles. The van der Waals surface area contributed by atoms with Gasteiger partial charge in [0.25, 0.3) is 0 Å². The number of carboxylic acid groups (broad SMARTS) is 1. The molecule has 1 fully saturated rings. The van der Waals surface area contributed by atoms with E-state index >= 15 is 0 Å². The van der Waals surface area contributed by atoms with Crippen LogP contribution < -0.4 is 4.72 Å². The molecule has 0 saturated heterocycles. The van der Waals surface area contributed by atoms with Crippen molar-refractivity contribution in [2.45, 2.75) is 24.2 Å². The molecule has 8 heteroatoms. The first kappa shape index (κ1) is 16.4. The molecule has 2 N–H and O–H groups in total. The van der Waals surface area contributed by atoms with Crippen LogP contribution in [0.15, 0.2) is 27.6 Å². The number of nitrogens with one attached hydrogen (secondary N) is 1. The topological polar surface area (TPSA) is 83.5 Å². The van der Waals surface area contributed by atoms with E-state index in [1.165, 1.54) is 12.1 Å². The van der Waals surface area contributed by atoms with E-state index in [1.807, 2.05) is 0 Å². The van der Waals surface area contributed by atoms with Crippen molar-refractivity contribution in [3.05, 3.63) is 28.5 Å². The minimum absolute atomic E-state index is 0.0526. The Morgan fingerprint density at radius 3 is 2.76 bits per heavy atom. The number of carboxylic acids is 1. The maximum atomic E-state index is 13.4. The van der Waals surface area contributed by atoms with Gasteiger partial charge >= 0.3 is 5.97 Å². The summed E-state index contributed by atoms with van der Waals surface area (Å²) in [5.74, 6) is -2.31. The summed E-state index contributed by atoms with van der Waals surface area (Å²) < 4.78 is 40.1. The average molecular weight is 380 g/mol. The van der Waals surface area contributed by atoms with Gasteiger partial charge in [-0.15, -0.1) is 0 Å². The predicted molar refractivity (Wildman–Crippen MR) is 77.8 cm³/mol. The molecule has 1 aliphatic carbocycles. The zero-order valence-corrected chi connectivity index (χ0v) is 13.5. The van der Waals surface area contributed by atoms with Crippen molar-refractivity contribution in [1.82, 2.24) is 4.72 Å². The summed E-state index contributed by atoms with van der Waals surface area (Å²) >= 11 is 2.96. The maximum absolute atomic E-state index is 13.4. The van der Waals surface area contributed by atoms with Crippen molar-refractivity contribution >= 4 is 31.9 Å². The highest BCUT2D eigenvalue weighted by Crippen LogP contribution is 2.31. The highest BCUT2D eigenvalue weighted by Gasteiger charge is 2.33. The smallest absolute Gasteiger partial charge is 0.306 e. The summed E-state index contributed by atoms with van der Waals surface area (Å²) in [6.45, 7) is 0.0526. The van der Waals surface area contributed by atoms with Gasteiger partial charge in [-0.1, -0.05) is 6.42 Å². The second-order valence-electron chi connectivity index (χ2n) is 5.06. The Hall–Kier alpha value is -0.990. The largest absolute Gasteiger partial charge is 0.481 e. The number of hydrogen-bond donors (Lipinski definition) is 2. The highest BCUT2D eigenvalue weighted by atomic mass is 79.9. The number of carbonyl (C=O) groups is 1. The zero-order valence-electron chi connectivity index (χ0n) is 11.1. The van der Waals surface area contributed by atoms with Crippen LogP contribution in [0.3, 0.4) is 0 Å². The number of rotatable bonds is 5. The molecule has 1 aromatic rings. The van der Waals surface area contributed by atoms with E-state index in [-0.39, 0.29) is 21.8 Å². The molecular weight excluding hydrogens is 365 g/mol. The quantitative estimate of drug-likeness (QED) is 0.822. The van der Waals surface area contributed by atoms with E-state index in [2.05, 4.69) is 20.7 Å². The van der Waals surface area contributed by atoms with Crippen LogP contribution >= 0.6 is 15.9 Å². The van der Waals surface area contributed by atoms with Crippen LogP contribution in [0, 0.1) is 17.7 Å². The minimum Gasteiger partial charge on any atom is -0.481 e. The molecule has 2 unspecified atom stereocenters. The van der Waals surface area contributed by atoms with Crippen molar-refractivity contribution in [3.63, 3.8) is 0 Å². The number of halogens is 2. The monoisotopic (exact) mass is 379 g/mol. The molecule has 1 aromatic carbocycles. The lowest BCUT2D eigenvalue weighted by molar-refractivity contribution is -0.142. The van der Waals surface area contributed by atoms with Crippen LogP contribution in [-0.2, 0) is 14.8 Å². The minimum atomic E-state index is -3.84. The molecule has 2 rings (SSSR count). The highest BCUT2D eigenvalue weighted by molar-refractivity contribution is 9.10. The molecule has 0 heterocycles. The number of aliphatic carboxylic acids is 1. The predicted octanol–water partition coefficient (Wildman–Crippen LogP) is 2.37. The van der Waals surface area contributed by atoms with Gasteiger partial charge in [0.05, 0.1) is 15.3 Å². The fraction of sp³-hybridized carbons (Fsp3) is 0.462. The van der Waals surface area contributed by atoms with Gasteiger partial charge in [0.15, 0.2) is 0 Å². The van der Waals surface area contributed by atoms with E-state index in [4.69, 9.17) is 5.11 Å². The molecule has 0 radical (unpaired) electrons. The summed E-state index contributed by atoms with van der Waals surface area (Å²) in [6.07, 6.45) is 2.01. The standard InChI is InChI=1S/C13H15BrFNO4S/c14-11-5-4-9(6-12(11)15)21(19,20)16-7-8-2-1-3-10(8)13(17)18/h4-6,8,10,16H,1-3,7H2,(H,17,18). The SMILES string of the molecule is O=C(O)C1CCCC1CNS(=O)(=O)c1ccc(Br)c(F)c1. The van der Waals surface area contributed by atoms with Gasteiger partial charge in [-0.25, -0.2) is 17.5 Å². The lowest BCUT2D eigenvalue weighted by Gasteiger charge is -2.16. The van der Waals surface area contributed by atoms with Gasteiger partial charge in [-0.2, -0.15) is 0 Å². The molecule has 1 aliphatic rings. The Bertz CT molecular complexity index is 650. The van der Waals surface area contributed by atoms with Crippen LogP contribution in [0.5, 0.6) is 0 Å². The zero-order chi connectivity index (χ0) is 15.6. The second-order valence-corrected chi connectivity index (χ2v) is 7.68. The second kappa shape index (κ2) is 6.41. The molecule has 21 heavy (non-hydrogen) atoms. The summed E-state index contributed by atoms with van der Waals surface area (Å²) in [6, 6.07) is 3.54. The van der Waals surface area contributed by atoms with E-state index < -0.39 is 27.7 Å². The van der Waals surface area contributed by atoms with E-state index in [9.17, 15) is 17.6 Å². The maximum Gasteiger partial charge on any atom is 0.306 e. The van der Waals surface area contributed by atoms with Gasteiger partial charge < -0.3 is 5.11 Å². The van der Waals surface area contributed by atoms with Crippen LogP contribution in [0.2, 0.25) is 0 Å². The Balaban J connectivity index is 2.07. The van der Waals surface area contributed by atoms with Crippen LogP contribution in [-0.4, -0.2) is 26.0 Å². The van der Waals surface area contributed by atoms with Crippen molar-refractivity contribution in [2.24, 2.45) is 11.8 Å². The number of sulfonamides is 1. The summed E-state index contributed by atoms with van der Waals surface area (Å²) in [5, 5.41) is 9.07. The lowest BCUT2D eigenvalue weighted by atomic mass is 9.97. The molecule has 5 nitrogen and oxygen atoms in total. The van der Waals surface area contributed by atoms with Crippen LogP contribution in [0.1, 0.15) is 19.3 Å². The fourth-order valence-electron chi connectivity index (χ4n) is 2.55. The molecule has 0 spiro atoms. The molecule has 2 atom stereocenters. The molecule has 0 bridgehead atoms. The molecule has 0 amide bonds. The molecule has 0 aliphatic heterocycles. The van der Waals surface area contributed by atoms with Gasteiger partial charge in [0.1, 0.15) is 5.82 Å². The van der Waals surface area contributed by atoms with Crippen LogP contribution in [0.25, 0.3) is 0 Å². The Labute approximate surface area is 130 Å². The van der Waals surface area contributed by atoms with Crippen molar-refractivity contribution < 1.29 is 22.7 Å².